The maximum atomic E-state index is 13.8. The molecule has 0 aliphatic carbocycles. The van der Waals surface area contributed by atoms with Crippen LogP contribution in [0.1, 0.15) is 52.0 Å². The Morgan fingerprint density at radius 3 is 1.72 bits per heavy atom. The van der Waals surface area contributed by atoms with E-state index in [2.05, 4.69) is 20.8 Å². The molecule has 2 aromatic rings. The van der Waals surface area contributed by atoms with Crippen LogP contribution in [0.5, 0.6) is 0 Å². The maximum Gasteiger partial charge on any atom is 0.267 e. The van der Waals surface area contributed by atoms with E-state index in [-0.39, 0.29) is 17.0 Å². The fraction of sp³-hybridized carbons (Fsp3) is 0.400. The molecule has 9 heteroatoms. The highest BCUT2D eigenvalue weighted by molar-refractivity contribution is 7.92. The average Bonchev–Trinajstić information content (AvgIpc) is 2.62. The van der Waals surface area contributed by atoms with Crippen LogP contribution in [-0.2, 0) is 10.0 Å². The Bertz CT molecular complexity index is 970. The Morgan fingerprint density at radius 2 is 1.31 bits per heavy atom. The van der Waals surface area contributed by atoms with Gasteiger partial charge in [0.2, 0.25) is 5.82 Å². The Balaban J connectivity index is 2.35. The molecule has 0 heterocycles. The summed E-state index contributed by atoms with van der Waals surface area (Å²) in [6.45, 7) is 8.32. The van der Waals surface area contributed by atoms with E-state index in [1.54, 1.807) is 12.1 Å². The van der Waals surface area contributed by atoms with Crippen LogP contribution < -0.4 is 4.72 Å². The van der Waals surface area contributed by atoms with Gasteiger partial charge in [0.25, 0.3) is 10.0 Å². The lowest BCUT2D eigenvalue weighted by Gasteiger charge is -2.25. The van der Waals surface area contributed by atoms with Gasteiger partial charge in [0.1, 0.15) is 0 Å². The molecule has 0 fully saturated rings. The molecule has 0 aliphatic rings. The van der Waals surface area contributed by atoms with Crippen LogP contribution in [0.3, 0.4) is 0 Å². The van der Waals surface area contributed by atoms with Crippen molar-refractivity contribution in [1.82, 2.24) is 0 Å². The molecule has 3 nitrogen and oxygen atoms in total. The van der Waals surface area contributed by atoms with E-state index in [9.17, 15) is 30.4 Å². The summed E-state index contributed by atoms with van der Waals surface area (Å²) in [5.74, 6) is -11.7. The minimum Gasteiger partial charge on any atom is -0.279 e. The van der Waals surface area contributed by atoms with E-state index >= 15 is 0 Å². The third kappa shape index (κ3) is 5.07. The Morgan fingerprint density at radius 1 is 0.862 bits per heavy atom. The smallest absolute Gasteiger partial charge is 0.267 e. The molecular weight excluding hydrogens is 413 g/mol. The average molecular weight is 435 g/mol. The summed E-state index contributed by atoms with van der Waals surface area (Å²) in [6.07, 6.45) is 1.74. The quantitative estimate of drug-likeness (QED) is 0.338. The first-order chi connectivity index (χ1) is 13.3. The number of halogens is 5. The van der Waals surface area contributed by atoms with Crippen LogP contribution in [0.4, 0.5) is 27.6 Å². The van der Waals surface area contributed by atoms with Crippen molar-refractivity contribution in [2.75, 3.05) is 4.72 Å². The Kier molecular flexibility index (Phi) is 6.61. The van der Waals surface area contributed by atoms with Gasteiger partial charge in [-0.1, -0.05) is 39.8 Å². The van der Waals surface area contributed by atoms with Gasteiger partial charge in [-0.05, 0) is 41.9 Å². The monoisotopic (exact) mass is 435 g/mol. The van der Waals surface area contributed by atoms with Crippen molar-refractivity contribution >= 4 is 15.7 Å². The molecule has 0 aromatic heterocycles. The molecular formula is C20H22F5NO2S. The van der Waals surface area contributed by atoms with E-state index in [1.807, 2.05) is 11.6 Å². The second-order valence-electron chi connectivity index (χ2n) is 8.00. The number of sulfonamides is 1. The Labute approximate surface area is 167 Å². The topological polar surface area (TPSA) is 46.2 Å². The van der Waals surface area contributed by atoms with Gasteiger partial charge in [-0.25, -0.2) is 30.4 Å². The predicted octanol–water partition coefficient (Wildman–Crippen LogP) is 6.11. The van der Waals surface area contributed by atoms with Crippen molar-refractivity contribution in [1.29, 1.82) is 0 Å². The van der Waals surface area contributed by atoms with Crippen molar-refractivity contribution in [3.8, 4) is 0 Å². The van der Waals surface area contributed by atoms with E-state index in [4.69, 9.17) is 0 Å². The minimum absolute atomic E-state index is 0.0664. The molecule has 0 bridgehead atoms. The molecule has 1 N–H and O–H groups in total. The van der Waals surface area contributed by atoms with Crippen LogP contribution in [-0.4, -0.2) is 8.42 Å². The summed E-state index contributed by atoms with van der Waals surface area (Å²) in [7, 11) is -5.05. The van der Waals surface area contributed by atoms with Crippen LogP contribution in [0.25, 0.3) is 0 Å². The molecule has 0 radical (unpaired) electrons. The largest absolute Gasteiger partial charge is 0.279 e. The van der Waals surface area contributed by atoms with Crippen LogP contribution >= 0.6 is 0 Å². The highest BCUT2D eigenvalue weighted by Gasteiger charge is 2.33. The van der Waals surface area contributed by atoms with Crippen molar-refractivity contribution in [3.05, 3.63) is 58.9 Å². The first-order valence-electron chi connectivity index (χ1n) is 8.92. The molecule has 1 atom stereocenters. The van der Waals surface area contributed by atoms with E-state index < -0.39 is 44.0 Å². The van der Waals surface area contributed by atoms with Crippen LogP contribution in [0.2, 0.25) is 0 Å². The number of benzene rings is 2. The van der Waals surface area contributed by atoms with Crippen LogP contribution in [0, 0.1) is 34.5 Å². The zero-order chi connectivity index (χ0) is 22.1. The molecule has 0 spiro atoms. The first kappa shape index (κ1) is 23.1. The lowest BCUT2D eigenvalue weighted by molar-refractivity contribution is 0.335. The number of anilines is 1. The lowest BCUT2D eigenvalue weighted by atomic mass is 9.80. The van der Waals surface area contributed by atoms with Gasteiger partial charge in [-0.3, -0.25) is 4.72 Å². The molecule has 1 unspecified atom stereocenters. The Hall–Kier alpha value is -2.16. The zero-order valence-electron chi connectivity index (χ0n) is 16.4. The number of hydrogen-bond donors (Lipinski definition) is 1. The van der Waals surface area contributed by atoms with E-state index in [0.717, 1.165) is 18.4 Å². The van der Waals surface area contributed by atoms with Crippen molar-refractivity contribution in [2.24, 2.45) is 5.41 Å². The lowest BCUT2D eigenvalue weighted by Crippen LogP contribution is -2.19. The molecule has 2 rings (SSSR count). The highest BCUT2D eigenvalue weighted by atomic mass is 32.2. The van der Waals surface area contributed by atoms with E-state index in [1.165, 1.54) is 12.1 Å². The van der Waals surface area contributed by atoms with Crippen LogP contribution in [0.15, 0.2) is 29.2 Å². The van der Waals surface area contributed by atoms with Crippen molar-refractivity contribution in [3.63, 3.8) is 0 Å². The summed E-state index contributed by atoms with van der Waals surface area (Å²) in [6, 6.07) is 6.08. The third-order valence-electron chi connectivity index (χ3n) is 4.42. The molecule has 0 aliphatic heterocycles. The molecule has 2 aromatic carbocycles. The first-order valence-corrected chi connectivity index (χ1v) is 10.4. The SMILES string of the molecule is CCC(CC(C)(C)C)c1ccc(NS(=O)(=O)c2c(F)c(F)c(F)c(F)c2F)cc1. The number of nitrogens with one attached hydrogen (secondary N) is 1. The normalized spacial score (nSPS) is 13.4. The molecule has 0 saturated carbocycles. The summed E-state index contributed by atoms with van der Waals surface area (Å²) < 4.78 is 93.9. The van der Waals surface area contributed by atoms with Gasteiger partial charge in [-0.2, -0.15) is 0 Å². The van der Waals surface area contributed by atoms with Crippen molar-refractivity contribution in [2.45, 2.75) is 51.3 Å². The van der Waals surface area contributed by atoms with Gasteiger partial charge in [0.15, 0.2) is 28.2 Å². The van der Waals surface area contributed by atoms with Gasteiger partial charge in [-0.15, -0.1) is 0 Å². The highest BCUT2D eigenvalue weighted by Crippen LogP contribution is 2.34. The standard InChI is InChI=1S/C20H22F5NO2S/c1-5-11(10-20(2,3)4)12-6-8-13(9-7-12)26-29(27,28)19-17(24)15(22)14(21)16(23)18(19)25/h6-9,11,26H,5,10H2,1-4H3. The molecule has 29 heavy (non-hydrogen) atoms. The van der Waals surface area contributed by atoms with Gasteiger partial charge >= 0.3 is 0 Å². The third-order valence-corrected chi connectivity index (χ3v) is 5.82. The fourth-order valence-corrected chi connectivity index (χ4v) is 4.29. The summed E-state index contributed by atoms with van der Waals surface area (Å²) >= 11 is 0. The minimum atomic E-state index is -5.05. The fourth-order valence-electron chi connectivity index (χ4n) is 3.09. The molecule has 0 amide bonds. The zero-order valence-corrected chi connectivity index (χ0v) is 17.2. The predicted molar refractivity (Wildman–Crippen MR) is 101 cm³/mol. The number of hydrogen-bond acceptors (Lipinski definition) is 2. The van der Waals surface area contributed by atoms with Gasteiger partial charge < -0.3 is 0 Å². The summed E-state index contributed by atoms with van der Waals surface area (Å²) in [5.41, 5.74) is 0.956. The van der Waals surface area contributed by atoms with E-state index in [0.29, 0.717) is 0 Å². The maximum absolute atomic E-state index is 13.8. The second kappa shape index (κ2) is 8.30. The van der Waals surface area contributed by atoms with Crippen molar-refractivity contribution < 1.29 is 30.4 Å². The second-order valence-corrected chi connectivity index (χ2v) is 9.62. The number of rotatable bonds is 6. The van der Waals surface area contributed by atoms with Gasteiger partial charge in [0.05, 0.1) is 0 Å². The summed E-state index contributed by atoms with van der Waals surface area (Å²) in [4.78, 5) is -1.92. The molecule has 0 saturated heterocycles. The van der Waals surface area contributed by atoms with Gasteiger partial charge in [0, 0.05) is 5.69 Å². The summed E-state index contributed by atoms with van der Waals surface area (Å²) in [5, 5.41) is 0. The molecule has 160 valence electrons.